The fourth-order valence-electron chi connectivity index (χ4n) is 3.03. The van der Waals surface area contributed by atoms with E-state index in [-0.39, 0.29) is 0 Å². The van der Waals surface area contributed by atoms with Crippen LogP contribution in [0.25, 0.3) is 32.9 Å². The predicted molar refractivity (Wildman–Crippen MR) is 92.1 cm³/mol. The molecular weight excluding hydrogens is 289 g/mol. The van der Waals surface area contributed by atoms with Gasteiger partial charge >= 0.3 is 7.32 Å². The molecule has 0 spiro atoms. The van der Waals surface area contributed by atoms with Crippen LogP contribution in [0.4, 0.5) is 0 Å². The highest BCUT2D eigenvalue weighted by Gasteiger charge is 2.17. The summed E-state index contributed by atoms with van der Waals surface area (Å²) in [6.45, 7) is 0. The highest BCUT2D eigenvalue weighted by Crippen LogP contribution is 2.38. The number of rotatable bonds is 3. The van der Waals surface area contributed by atoms with Gasteiger partial charge in [-0.3, -0.25) is 0 Å². The van der Waals surface area contributed by atoms with E-state index in [1.807, 2.05) is 48.5 Å². The Hall–Kier alpha value is -2.76. The quantitative estimate of drug-likeness (QED) is 0.509. The Morgan fingerprint density at radius 2 is 1.43 bits per heavy atom. The van der Waals surface area contributed by atoms with Crippen LogP contribution in [0.3, 0.4) is 0 Å². The van der Waals surface area contributed by atoms with Crippen LogP contribution in [0.1, 0.15) is 0 Å². The molecular formula is C18H14BNO3. The van der Waals surface area contributed by atoms with Gasteiger partial charge in [0.05, 0.1) is 0 Å². The second kappa shape index (κ2) is 5.46. The molecule has 23 heavy (non-hydrogen) atoms. The molecule has 0 aliphatic rings. The molecule has 0 saturated heterocycles. The molecule has 5 heteroatoms. The lowest BCUT2D eigenvalue weighted by molar-refractivity contribution is 0.288. The summed E-state index contributed by atoms with van der Waals surface area (Å²) < 4.78 is 5.14. The molecule has 4 rings (SSSR count). The summed E-state index contributed by atoms with van der Waals surface area (Å²) in [5, 5.41) is 20.5. The van der Waals surface area contributed by atoms with Gasteiger partial charge in [-0.05, 0) is 23.8 Å². The van der Waals surface area contributed by atoms with Crippen molar-refractivity contribution in [3.05, 3.63) is 66.7 Å². The van der Waals surface area contributed by atoms with Gasteiger partial charge in [-0.25, -0.2) is 0 Å². The molecule has 1 heterocycles. The van der Waals surface area contributed by atoms with E-state index in [1.54, 1.807) is 12.1 Å². The molecule has 112 valence electrons. The summed E-state index contributed by atoms with van der Waals surface area (Å²) in [5.41, 5.74) is 3.89. The van der Waals surface area contributed by atoms with Gasteiger partial charge in [0.1, 0.15) is 5.75 Å². The number of hydrogen-bond acceptors (Lipinski definition) is 3. The second-order valence-electron chi connectivity index (χ2n) is 5.34. The zero-order chi connectivity index (χ0) is 15.8. The highest BCUT2D eigenvalue weighted by atomic mass is 16.6. The summed E-state index contributed by atoms with van der Waals surface area (Å²) >= 11 is 0. The zero-order valence-electron chi connectivity index (χ0n) is 12.2. The first-order chi connectivity index (χ1) is 11.2. The fraction of sp³-hybridized carbons (Fsp3) is 0. The van der Waals surface area contributed by atoms with Crippen LogP contribution in [-0.2, 0) is 0 Å². The molecule has 4 nitrogen and oxygen atoms in total. The number of hydrogen-bond donors (Lipinski definition) is 3. The molecule has 0 atom stereocenters. The van der Waals surface area contributed by atoms with Crippen molar-refractivity contribution in [1.82, 2.24) is 4.98 Å². The molecule has 3 N–H and O–H groups in total. The van der Waals surface area contributed by atoms with Crippen LogP contribution in [0, 0.1) is 0 Å². The monoisotopic (exact) mass is 303 g/mol. The number of H-pyrrole nitrogens is 1. The minimum absolute atomic E-state index is 0.431. The third-order valence-electron chi connectivity index (χ3n) is 3.94. The molecule has 0 fully saturated rings. The molecule has 0 aliphatic carbocycles. The number of aromatic nitrogens is 1. The SMILES string of the molecule is OB(O)Oc1ccccc1-c1cccc2[nH]c3ccccc3c12. The lowest BCUT2D eigenvalue weighted by Crippen LogP contribution is -2.20. The fourth-order valence-corrected chi connectivity index (χ4v) is 3.03. The first kappa shape index (κ1) is 13.9. The Labute approximate surface area is 133 Å². The standard InChI is InChI=1S/C18H14BNO3/c21-19(22)23-17-11-4-2-6-12(17)13-8-5-10-16-18(13)14-7-1-3-9-15(14)20-16/h1-11,20-22H. The van der Waals surface area contributed by atoms with Crippen molar-refractivity contribution >= 4 is 29.1 Å². The Morgan fingerprint density at radius 3 is 2.30 bits per heavy atom. The van der Waals surface area contributed by atoms with Crippen molar-refractivity contribution in [2.24, 2.45) is 0 Å². The minimum Gasteiger partial charge on any atom is -0.512 e. The van der Waals surface area contributed by atoms with Gasteiger partial charge in [0.15, 0.2) is 0 Å². The summed E-state index contributed by atoms with van der Waals surface area (Å²) in [7, 11) is -1.85. The lowest BCUT2D eigenvalue weighted by Gasteiger charge is -2.12. The maximum Gasteiger partial charge on any atom is 0.707 e. The van der Waals surface area contributed by atoms with Crippen LogP contribution in [0.5, 0.6) is 5.75 Å². The van der Waals surface area contributed by atoms with Crippen molar-refractivity contribution < 1.29 is 14.7 Å². The highest BCUT2D eigenvalue weighted by molar-refractivity contribution is 6.34. The van der Waals surface area contributed by atoms with Crippen LogP contribution < -0.4 is 4.65 Å². The van der Waals surface area contributed by atoms with Crippen LogP contribution in [0.2, 0.25) is 0 Å². The molecule has 0 aliphatic heterocycles. The Bertz CT molecular complexity index is 994. The van der Waals surface area contributed by atoms with Crippen molar-refractivity contribution in [3.63, 3.8) is 0 Å². The van der Waals surface area contributed by atoms with Crippen LogP contribution >= 0.6 is 0 Å². The Balaban J connectivity index is 2.03. The maximum absolute atomic E-state index is 9.15. The third-order valence-corrected chi connectivity index (χ3v) is 3.94. The van der Waals surface area contributed by atoms with Crippen molar-refractivity contribution in [1.29, 1.82) is 0 Å². The van der Waals surface area contributed by atoms with Crippen molar-refractivity contribution in [2.45, 2.75) is 0 Å². The molecule has 0 saturated carbocycles. The molecule has 3 aromatic carbocycles. The van der Waals surface area contributed by atoms with Gasteiger partial charge in [-0.15, -0.1) is 0 Å². The minimum atomic E-state index is -1.85. The van der Waals surface area contributed by atoms with E-state index in [4.69, 9.17) is 14.7 Å². The summed E-state index contributed by atoms with van der Waals surface area (Å²) in [6, 6.07) is 21.5. The topological polar surface area (TPSA) is 65.5 Å². The Kier molecular flexibility index (Phi) is 3.30. The zero-order valence-corrected chi connectivity index (χ0v) is 12.2. The largest absolute Gasteiger partial charge is 0.707 e. The number of benzene rings is 3. The lowest BCUT2D eigenvalue weighted by atomic mass is 9.98. The van der Waals surface area contributed by atoms with E-state index in [1.165, 1.54) is 0 Å². The van der Waals surface area contributed by atoms with Gasteiger partial charge in [0.2, 0.25) is 0 Å². The Morgan fingerprint density at radius 1 is 0.739 bits per heavy atom. The number of aromatic amines is 1. The van der Waals surface area contributed by atoms with Gasteiger partial charge in [-0.1, -0.05) is 48.5 Å². The van der Waals surface area contributed by atoms with E-state index < -0.39 is 7.32 Å². The summed E-state index contributed by atoms with van der Waals surface area (Å²) in [4.78, 5) is 3.41. The van der Waals surface area contributed by atoms with Crippen LogP contribution in [-0.4, -0.2) is 22.4 Å². The third kappa shape index (κ3) is 2.36. The molecule has 0 amide bonds. The van der Waals surface area contributed by atoms with Gasteiger partial charge < -0.3 is 19.7 Å². The first-order valence-electron chi connectivity index (χ1n) is 7.35. The van der Waals surface area contributed by atoms with Crippen molar-refractivity contribution in [3.8, 4) is 16.9 Å². The van der Waals surface area contributed by atoms with Gasteiger partial charge in [0.25, 0.3) is 0 Å². The van der Waals surface area contributed by atoms with E-state index in [0.29, 0.717) is 5.75 Å². The van der Waals surface area contributed by atoms with E-state index >= 15 is 0 Å². The molecule has 0 unspecified atom stereocenters. The van der Waals surface area contributed by atoms with Gasteiger partial charge in [0, 0.05) is 27.4 Å². The number of nitrogens with one attached hydrogen (secondary N) is 1. The van der Waals surface area contributed by atoms with Crippen molar-refractivity contribution in [2.75, 3.05) is 0 Å². The maximum atomic E-state index is 9.15. The number of para-hydroxylation sites is 2. The predicted octanol–water partition coefficient (Wildman–Crippen LogP) is 3.34. The van der Waals surface area contributed by atoms with Gasteiger partial charge in [-0.2, -0.15) is 0 Å². The number of fused-ring (bicyclic) bond motifs is 3. The average Bonchev–Trinajstić information content (AvgIpc) is 2.93. The average molecular weight is 303 g/mol. The van der Waals surface area contributed by atoms with E-state index in [2.05, 4.69) is 11.1 Å². The normalized spacial score (nSPS) is 11.0. The summed E-state index contributed by atoms with van der Waals surface area (Å²) in [6.07, 6.45) is 0. The first-order valence-corrected chi connectivity index (χ1v) is 7.35. The molecule has 0 radical (unpaired) electrons. The molecule has 0 bridgehead atoms. The summed E-state index contributed by atoms with van der Waals surface area (Å²) in [5.74, 6) is 0.431. The molecule has 1 aromatic heterocycles. The van der Waals surface area contributed by atoms with E-state index in [0.717, 1.165) is 32.9 Å². The second-order valence-corrected chi connectivity index (χ2v) is 5.34. The van der Waals surface area contributed by atoms with E-state index in [9.17, 15) is 0 Å². The molecule has 4 aromatic rings. The van der Waals surface area contributed by atoms with Crippen LogP contribution in [0.15, 0.2) is 66.7 Å². The smallest absolute Gasteiger partial charge is 0.512 e.